The maximum Gasteiger partial charge on any atom is 0.335 e. The van der Waals surface area contributed by atoms with Crippen molar-refractivity contribution in [1.82, 2.24) is 0 Å². The molecule has 0 saturated heterocycles. The number of carbonyl (C=O) groups is 1. The van der Waals surface area contributed by atoms with Crippen molar-refractivity contribution in [3.63, 3.8) is 0 Å². The van der Waals surface area contributed by atoms with E-state index >= 15 is 0 Å². The third kappa shape index (κ3) is 4.06. The number of carboxylic acid groups (broad SMARTS) is 1. The van der Waals surface area contributed by atoms with Crippen LogP contribution in [0.1, 0.15) is 34.3 Å². The smallest absolute Gasteiger partial charge is 0.335 e. The van der Waals surface area contributed by atoms with Crippen LogP contribution in [0.3, 0.4) is 0 Å². The van der Waals surface area contributed by atoms with Crippen LogP contribution in [0.25, 0.3) is 0 Å². The summed E-state index contributed by atoms with van der Waals surface area (Å²) in [7, 11) is 4.75. The average molecular weight is 494 g/mol. The molecule has 3 aromatic carbocycles. The van der Waals surface area contributed by atoms with Gasteiger partial charge in [-0.1, -0.05) is 6.92 Å². The molecule has 0 aliphatic carbocycles. The summed E-state index contributed by atoms with van der Waals surface area (Å²) in [5.74, 6) is 2.40. The highest BCUT2D eigenvalue weighted by Crippen LogP contribution is 2.51. The fraction of sp³-hybridized carbons (Fsp3) is 0.296. The van der Waals surface area contributed by atoms with Crippen molar-refractivity contribution in [2.75, 3.05) is 33.4 Å². The van der Waals surface area contributed by atoms with E-state index in [0.29, 0.717) is 34.5 Å². The first-order chi connectivity index (χ1) is 17.4. The quantitative estimate of drug-likeness (QED) is 0.483. The van der Waals surface area contributed by atoms with Gasteiger partial charge >= 0.3 is 5.97 Å². The Morgan fingerprint density at radius 1 is 0.917 bits per heavy atom. The highest BCUT2D eigenvalue weighted by molar-refractivity contribution is 5.88. The lowest BCUT2D eigenvalue weighted by Crippen LogP contribution is -2.40. The fourth-order valence-corrected chi connectivity index (χ4v) is 4.78. The number of fused-ring (bicyclic) bond motifs is 2. The molecule has 188 valence electrons. The number of ether oxygens (including phenoxy) is 6. The zero-order valence-electron chi connectivity index (χ0n) is 20.4. The Labute approximate surface area is 208 Å². The highest BCUT2D eigenvalue weighted by Gasteiger charge is 2.39. The van der Waals surface area contributed by atoms with E-state index < -0.39 is 12.2 Å². The molecular weight excluding hydrogens is 466 g/mol. The summed E-state index contributed by atoms with van der Waals surface area (Å²) in [6, 6.07) is 14.3. The highest BCUT2D eigenvalue weighted by atomic mass is 16.7. The number of benzene rings is 3. The first kappa shape index (κ1) is 23.5. The van der Waals surface area contributed by atoms with Crippen molar-refractivity contribution in [1.29, 1.82) is 0 Å². The summed E-state index contributed by atoms with van der Waals surface area (Å²) in [6.07, 6.45) is -0.433. The number of hydrogen-bond acceptors (Lipinski definition) is 8. The van der Waals surface area contributed by atoms with Gasteiger partial charge in [-0.25, -0.2) is 4.79 Å². The third-order valence-corrected chi connectivity index (χ3v) is 6.58. The van der Waals surface area contributed by atoms with Crippen LogP contribution in [-0.4, -0.2) is 45.4 Å². The zero-order chi connectivity index (χ0) is 25.4. The SMILES string of the molecule is COc1cc([C@@H]2c3cc4c(cc3O[C@H](Nc3ccc(C(=O)O)cc3)[C@@H]2C)OCO4)cc(OC)c1OC. The minimum atomic E-state index is -0.976. The Hall–Kier alpha value is -4.27. The Morgan fingerprint density at radius 2 is 1.56 bits per heavy atom. The minimum Gasteiger partial charge on any atom is -0.493 e. The van der Waals surface area contributed by atoms with Gasteiger partial charge in [-0.05, 0) is 48.0 Å². The number of methoxy groups -OCH3 is 3. The van der Waals surface area contributed by atoms with Gasteiger partial charge in [0.1, 0.15) is 5.75 Å². The lowest BCUT2D eigenvalue weighted by atomic mass is 9.78. The van der Waals surface area contributed by atoms with E-state index in [2.05, 4.69) is 12.2 Å². The van der Waals surface area contributed by atoms with Crippen LogP contribution >= 0.6 is 0 Å². The maximum atomic E-state index is 11.2. The molecule has 2 heterocycles. The molecule has 3 aromatic rings. The van der Waals surface area contributed by atoms with E-state index in [1.54, 1.807) is 45.6 Å². The topological polar surface area (TPSA) is 105 Å². The number of carboxylic acids is 1. The molecule has 0 radical (unpaired) electrons. The van der Waals surface area contributed by atoms with Gasteiger partial charge in [0.15, 0.2) is 29.2 Å². The van der Waals surface area contributed by atoms with E-state index in [1.807, 2.05) is 24.3 Å². The van der Waals surface area contributed by atoms with Crippen molar-refractivity contribution >= 4 is 11.7 Å². The molecular formula is C27H27NO8. The summed E-state index contributed by atoms with van der Waals surface area (Å²) in [5.41, 5.74) is 2.85. The molecule has 3 atom stereocenters. The molecule has 9 nitrogen and oxygen atoms in total. The molecule has 5 rings (SSSR count). The minimum absolute atomic E-state index is 0.0696. The van der Waals surface area contributed by atoms with Gasteiger partial charge < -0.3 is 38.8 Å². The van der Waals surface area contributed by atoms with Gasteiger partial charge in [-0.15, -0.1) is 0 Å². The van der Waals surface area contributed by atoms with Gasteiger partial charge in [0.2, 0.25) is 12.5 Å². The molecule has 9 heteroatoms. The molecule has 0 aromatic heterocycles. The van der Waals surface area contributed by atoms with Crippen molar-refractivity contribution in [3.05, 3.63) is 65.2 Å². The number of anilines is 1. The van der Waals surface area contributed by atoms with Crippen molar-refractivity contribution in [3.8, 4) is 34.5 Å². The Bertz CT molecular complexity index is 1260. The molecule has 2 N–H and O–H groups in total. The molecule has 0 spiro atoms. The second kappa shape index (κ2) is 9.41. The molecule has 2 aliphatic rings. The summed E-state index contributed by atoms with van der Waals surface area (Å²) in [5, 5.41) is 12.6. The van der Waals surface area contributed by atoms with Crippen LogP contribution < -0.4 is 33.7 Å². The lowest BCUT2D eigenvalue weighted by Gasteiger charge is -2.39. The Morgan fingerprint density at radius 3 is 2.14 bits per heavy atom. The van der Waals surface area contributed by atoms with Crippen LogP contribution in [0.4, 0.5) is 5.69 Å². The van der Waals surface area contributed by atoms with Gasteiger partial charge in [0, 0.05) is 29.2 Å². The van der Waals surface area contributed by atoms with Crippen LogP contribution in [0.15, 0.2) is 48.5 Å². The molecule has 0 unspecified atom stereocenters. The van der Waals surface area contributed by atoms with Gasteiger partial charge in [0.25, 0.3) is 0 Å². The van der Waals surface area contributed by atoms with Crippen molar-refractivity contribution < 1.29 is 38.3 Å². The van der Waals surface area contributed by atoms with E-state index in [0.717, 1.165) is 16.8 Å². The summed E-state index contributed by atoms with van der Waals surface area (Å²) in [4.78, 5) is 11.2. The monoisotopic (exact) mass is 493 g/mol. The number of hydrogen-bond donors (Lipinski definition) is 2. The second-order valence-corrected chi connectivity index (χ2v) is 8.60. The Kier molecular flexibility index (Phi) is 6.13. The van der Waals surface area contributed by atoms with Gasteiger partial charge in [-0.3, -0.25) is 0 Å². The third-order valence-electron chi connectivity index (χ3n) is 6.58. The predicted octanol–water partition coefficient (Wildman–Crippen LogP) is 4.74. The van der Waals surface area contributed by atoms with Crippen LogP contribution in [0, 0.1) is 5.92 Å². The van der Waals surface area contributed by atoms with E-state index in [-0.39, 0.29) is 24.2 Å². The molecule has 0 bridgehead atoms. The average Bonchev–Trinajstić information content (AvgIpc) is 3.34. The summed E-state index contributed by atoms with van der Waals surface area (Å²) >= 11 is 0. The van der Waals surface area contributed by atoms with Crippen LogP contribution in [-0.2, 0) is 0 Å². The molecule has 36 heavy (non-hydrogen) atoms. The summed E-state index contributed by atoms with van der Waals surface area (Å²) < 4.78 is 34.4. The van der Waals surface area contributed by atoms with Crippen molar-refractivity contribution in [2.45, 2.75) is 19.1 Å². The first-order valence-corrected chi connectivity index (χ1v) is 11.4. The standard InChI is InChI=1S/C27H27NO8/c1-14-24(16-9-22(31-2)25(33-4)23(10-16)32-3)18-11-20-21(35-13-34-20)12-19(18)36-26(14)28-17-7-5-15(6-8-17)27(29)30/h5-12,14,24,26,28H,13H2,1-4H3,(H,29,30)/t14-,24-,26+/m1/s1. The lowest BCUT2D eigenvalue weighted by molar-refractivity contribution is 0.0697. The first-order valence-electron chi connectivity index (χ1n) is 11.4. The second-order valence-electron chi connectivity index (χ2n) is 8.60. The van der Waals surface area contributed by atoms with Crippen molar-refractivity contribution in [2.24, 2.45) is 5.92 Å². The molecule has 0 fully saturated rings. The van der Waals surface area contributed by atoms with Gasteiger partial charge in [0.05, 0.1) is 26.9 Å². The predicted molar refractivity (Wildman–Crippen MR) is 131 cm³/mol. The number of aromatic carboxylic acids is 1. The Balaban J connectivity index is 1.59. The largest absolute Gasteiger partial charge is 0.493 e. The van der Waals surface area contributed by atoms with E-state index in [1.165, 1.54) is 0 Å². The van der Waals surface area contributed by atoms with Gasteiger partial charge in [-0.2, -0.15) is 0 Å². The number of nitrogens with one attached hydrogen (secondary N) is 1. The molecule has 0 saturated carbocycles. The normalized spacial score (nSPS) is 19.6. The van der Waals surface area contributed by atoms with E-state index in [9.17, 15) is 9.90 Å². The summed E-state index contributed by atoms with van der Waals surface area (Å²) in [6.45, 7) is 2.24. The molecule has 2 aliphatic heterocycles. The number of rotatable bonds is 7. The maximum absolute atomic E-state index is 11.2. The van der Waals surface area contributed by atoms with E-state index in [4.69, 9.17) is 28.4 Å². The fourth-order valence-electron chi connectivity index (χ4n) is 4.78. The zero-order valence-corrected chi connectivity index (χ0v) is 20.4. The molecule has 0 amide bonds. The van der Waals surface area contributed by atoms with Crippen LogP contribution in [0.2, 0.25) is 0 Å². The van der Waals surface area contributed by atoms with Crippen LogP contribution in [0.5, 0.6) is 34.5 Å².